The number of amides is 1. The maximum Gasteiger partial charge on any atom is 0.410 e. The maximum atomic E-state index is 11.8. The molecule has 6 heteroatoms. The molecule has 0 spiro atoms. The summed E-state index contributed by atoms with van der Waals surface area (Å²) in [5, 5.41) is 10.9. The van der Waals surface area contributed by atoms with Crippen molar-refractivity contribution in [2.45, 2.75) is 39.2 Å². The second-order valence-electron chi connectivity index (χ2n) is 5.50. The third-order valence-corrected chi connectivity index (χ3v) is 2.63. The van der Waals surface area contributed by atoms with Crippen LogP contribution < -0.4 is 0 Å². The fourth-order valence-electron chi connectivity index (χ4n) is 1.89. The van der Waals surface area contributed by atoms with Crippen LogP contribution in [0, 0.1) is 5.92 Å². The van der Waals surface area contributed by atoms with Crippen LogP contribution in [0.4, 0.5) is 4.79 Å². The number of hydrogen-bond donors (Lipinski definition) is 1. The Labute approximate surface area is 107 Å². The lowest BCUT2D eigenvalue weighted by Gasteiger charge is -2.24. The summed E-state index contributed by atoms with van der Waals surface area (Å²) in [5.74, 6) is -0.114. The van der Waals surface area contributed by atoms with Gasteiger partial charge in [-0.15, -0.1) is 0 Å². The quantitative estimate of drug-likeness (QED) is 0.473. The smallest absolute Gasteiger partial charge is 0.410 e. The van der Waals surface area contributed by atoms with Gasteiger partial charge in [0, 0.05) is 19.5 Å². The van der Waals surface area contributed by atoms with E-state index >= 15 is 0 Å². The van der Waals surface area contributed by atoms with Crippen molar-refractivity contribution in [3.63, 3.8) is 0 Å². The molecule has 1 aliphatic rings. The van der Waals surface area contributed by atoms with Crippen LogP contribution in [0.25, 0.3) is 0 Å². The fourth-order valence-corrected chi connectivity index (χ4v) is 1.89. The lowest BCUT2D eigenvalue weighted by molar-refractivity contribution is -0.113. The van der Waals surface area contributed by atoms with Crippen LogP contribution in [0.3, 0.4) is 0 Å². The maximum absolute atomic E-state index is 11.8. The molecule has 1 unspecified atom stereocenters. The zero-order valence-corrected chi connectivity index (χ0v) is 11.0. The number of carbonyl (C=O) groups excluding carboxylic acids is 2. The second-order valence-corrected chi connectivity index (χ2v) is 5.50. The van der Waals surface area contributed by atoms with Gasteiger partial charge in [-0.25, -0.2) is 4.79 Å². The van der Waals surface area contributed by atoms with Crippen LogP contribution in [0.2, 0.25) is 0 Å². The summed E-state index contributed by atoms with van der Waals surface area (Å²) < 4.78 is 5.26. The van der Waals surface area contributed by atoms with E-state index < -0.39 is 5.60 Å². The number of Topliss-reactive ketones (excluding diaryl/α,β-unsaturated/α-hetero) is 1. The van der Waals surface area contributed by atoms with Crippen molar-refractivity contribution < 1.29 is 19.5 Å². The minimum absolute atomic E-state index is 0.114. The van der Waals surface area contributed by atoms with E-state index in [9.17, 15) is 9.59 Å². The number of likely N-dealkylation sites (tertiary alicyclic amines) is 1. The molecule has 1 rings (SSSR count). The summed E-state index contributed by atoms with van der Waals surface area (Å²) in [7, 11) is 0. The van der Waals surface area contributed by atoms with Gasteiger partial charge in [0.1, 0.15) is 11.8 Å². The number of nitrogens with zero attached hydrogens (tertiary/aromatic N) is 2. The Morgan fingerprint density at radius 1 is 1.50 bits per heavy atom. The first-order valence-electron chi connectivity index (χ1n) is 6.00. The molecule has 6 nitrogen and oxygen atoms in total. The first-order valence-corrected chi connectivity index (χ1v) is 6.00. The van der Waals surface area contributed by atoms with E-state index in [1.165, 1.54) is 0 Å². The molecule has 0 aromatic carbocycles. The average molecular weight is 256 g/mol. The molecule has 1 heterocycles. The van der Waals surface area contributed by atoms with Gasteiger partial charge in [-0.2, -0.15) is 0 Å². The molecule has 0 aromatic heterocycles. The highest BCUT2D eigenvalue weighted by Crippen LogP contribution is 2.21. The Bertz CT molecular complexity index is 346. The summed E-state index contributed by atoms with van der Waals surface area (Å²) in [4.78, 5) is 24.6. The molecule has 0 radical (unpaired) electrons. The van der Waals surface area contributed by atoms with Gasteiger partial charge in [0.05, 0.1) is 0 Å². The molecule has 0 aromatic rings. The molecule has 1 amide bonds. The van der Waals surface area contributed by atoms with Crippen molar-refractivity contribution in [2.75, 3.05) is 13.1 Å². The summed E-state index contributed by atoms with van der Waals surface area (Å²) in [6.45, 7) is 6.57. The van der Waals surface area contributed by atoms with E-state index in [2.05, 4.69) is 5.16 Å². The molecule has 1 atom stereocenters. The minimum atomic E-state index is -0.505. The predicted octanol–water partition coefficient (Wildman–Crippen LogP) is 1.66. The molecule has 0 aliphatic carbocycles. The van der Waals surface area contributed by atoms with Crippen molar-refractivity contribution in [3.05, 3.63) is 0 Å². The highest BCUT2D eigenvalue weighted by atomic mass is 16.6. The van der Waals surface area contributed by atoms with Gasteiger partial charge in [-0.05, 0) is 33.1 Å². The van der Waals surface area contributed by atoms with Gasteiger partial charge in [0.25, 0.3) is 0 Å². The lowest BCUT2D eigenvalue weighted by atomic mass is 10.0. The third-order valence-electron chi connectivity index (χ3n) is 2.63. The van der Waals surface area contributed by atoms with Crippen LogP contribution >= 0.6 is 0 Å². The Kier molecular flexibility index (Phi) is 4.69. The van der Waals surface area contributed by atoms with Crippen molar-refractivity contribution in [1.82, 2.24) is 4.90 Å². The molecule has 102 valence electrons. The van der Waals surface area contributed by atoms with Crippen LogP contribution in [0.15, 0.2) is 5.16 Å². The minimum Gasteiger partial charge on any atom is -0.444 e. The van der Waals surface area contributed by atoms with Crippen molar-refractivity contribution in [1.29, 1.82) is 0 Å². The van der Waals surface area contributed by atoms with E-state index in [4.69, 9.17) is 9.94 Å². The van der Waals surface area contributed by atoms with Crippen LogP contribution in [0.1, 0.15) is 33.6 Å². The van der Waals surface area contributed by atoms with Crippen molar-refractivity contribution >= 4 is 18.1 Å². The van der Waals surface area contributed by atoms with E-state index in [-0.39, 0.29) is 17.8 Å². The number of oxime groups is 1. The first kappa shape index (κ1) is 14.5. The van der Waals surface area contributed by atoms with Crippen molar-refractivity contribution in [2.24, 2.45) is 11.1 Å². The van der Waals surface area contributed by atoms with E-state index in [1.807, 2.05) is 20.8 Å². The van der Waals surface area contributed by atoms with Crippen LogP contribution in [-0.2, 0) is 9.53 Å². The Hall–Kier alpha value is -1.59. The summed E-state index contributed by atoms with van der Waals surface area (Å²) in [6, 6.07) is 0. The van der Waals surface area contributed by atoms with E-state index in [1.54, 1.807) is 4.90 Å². The SMILES string of the molecule is CC(C)(C)OC(=O)N1CCC(CC(=O)/C=N/O)C1. The van der Waals surface area contributed by atoms with E-state index in [0.717, 1.165) is 12.6 Å². The summed E-state index contributed by atoms with van der Waals surface area (Å²) in [5.41, 5.74) is -0.505. The van der Waals surface area contributed by atoms with Gasteiger partial charge in [-0.1, -0.05) is 5.16 Å². The van der Waals surface area contributed by atoms with Gasteiger partial charge < -0.3 is 14.8 Å². The fraction of sp³-hybridized carbons (Fsp3) is 0.750. The van der Waals surface area contributed by atoms with Crippen LogP contribution in [0.5, 0.6) is 0 Å². The molecule has 0 saturated carbocycles. The summed E-state index contributed by atoms with van der Waals surface area (Å²) in [6.07, 6.45) is 1.62. The molecular weight excluding hydrogens is 236 g/mol. The summed E-state index contributed by atoms with van der Waals surface area (Å²) >= 11 is 0. The molecule has 1 saturated heterocycles. The standard InChI is InChI=1S/C12H20N2O4/c1-12(2,3)18-11(16)14-5-4-9(8-14)6-10(15)7-13-17/h7,9,17H,4-6,8H2,1-3H3/b13-7+. The van der Waals surface area contributed by atoms with Gasteiger partial charge in [-0.3, -0.25) is 4.79 Å². The molecule has 1 aliphatic heterocycles. The number of hydrogen-bond acceptors (Lipinski definition) is 5. The Morgan fingerprint density at radius 3 is 2.72 bits per heavy atom. The number of carbonyl (C=O) groups is 2. The number of ether oxygens (including phenoxy) is 1. The van der Waals surface area contributed by atoms with Crippen LogP contribution in [-0.4, -0.2) is 46.9 Å². The van der Waals surface area contributed by atoms with Gasteiger partial charge >= 0.3 is 6.09 Å². The second kappa shape index (κ2) is 5.84. The molecule has 18 heavy (non-hydrogen) atoms. The monoisotopic (exact) mass is 256 g/mol. The topological polar surface area (TPSA) is 79.2 Å². The molecule has 0 bridgehead atoms. The highest BCUT2D eigenvalue weighted by molar-refractivity contribution is 6.27. The largest absolute Gasteiger partial charge is 0.444 e. The molecule has 1 fully saturated rings. The zero-order chi connectivity index (χ0) is 13.8. The van der Waals surface area contributed by atoms with Gasteiger partial charge in [0.15, 0.2) is 5.78 Å². The molecule has 1 N–H and O–H groups in total. The van der Waals surface area contributed by atoms with Gasteiger partial charge in [0.2, 0.25) is 0 Å². The Morgan fingerprint density at radius 2 is 2.17 bits per heavy atom. The zero-order valence-electron chi connectivity index (χ0n) is 11.0. The van der Waals surface area contributed by atoms with Crippen molar-refractivity contribution in [3.8, 4) is 0 Å². The normalized spacial score (nSPS) is 20.4. The highest BCUT2D eigenvalue weighted by Gasteiger charge is 2.30. The predicted molar refractivity (Wildman–Crippen MR) is 65.8 cm³/mol. The van der Waals surface area contributed by atoms with E-state index in [0.29, 0.717) is 19.5 Å². The molecular formula is C12H20N2O4. The Balaban J connectivity index is 2.41. The number of rotatable bonds is 3. The number of ketones is 1. The average Bonchev–Trinajstić information content (AvgIpc) is 2.63. The lowest BCUT2D eigenvalue weighted by Crippen LogP contribution is -2.35. The third kappa shape index (κ3) is 4.73. The first-order chi connectivity index (χ1) is 8.31.